The molecule has 0 saturated heterocycles. The van der Waals surface area contributed by atoms with Crippen molar-refractivity contribution in [3.63, 3.8) is 0 Å². The van der Waals surface area contributed by atoms with E-state index in [1.54, 1.807) is 54.6 Å². The Morgan fingerprint density at radius 3 is 2.05 bits per heavy atom. The average Bonchev–Trinajstić information content (AvgIpc) is 2.54. The first kappa shape index (κ1) is 16.2. The van der Waals surface area contributed by atoms with Crippen molar-refractivity contribution >= 4 is 15.6 Å². The number of primary amides is 1. The number of carbonyl (C=O) groups excluding carboxylic acids is 1. The van der Waals surface area contributed by atoms with E-state index in [1.807, 2.05) is 0 Å². The maximum absolute atomic E-state index is 12.2. The van der Waals surface area contributed by atoms with Crippen molar-refractivity contribution < 1.29 is 14.1 Å². The molecule has 2 atom stereocenters. The molecule has 2 aromatic carbocycles. The van der Waals surface area contributed by atoms with Crippen LogP contribution in [-0.2, 0) is 20.1 Å². The van der Waals surface area contributed by atoms with Gasteiger partial charge in [-0.2, -0.15) is 0 Å². The summed E-state index contributed by atoms with van der Waals surface area (Å²) < 4.78 is 16.0. The minimum atomic E-state index is -2.47. The molecule has 0 bridgehead atoms. The maximum atomic E-state index is 12.2. The molecule has 0 aliphatic heterocycles. The van der Waals surface area contributed by atoms with E-state index in [9.17, 15) is 14.1 Å². The van der Waals surface area contributed by atoms with E-state index in [4.69, 9.17) is 5.73 Å². The fraction of sp³-hybridized carbons (Fsp3) is 0.188. The SMILES string of the molecule is CN=S(C)(=O)c1ccc(C(O)(C(N)=O)c2ccccc2)cc1. The third kappa shape index (κ3) is 2.75. The van der Waals surface area contributed by atoms with Crippen molar-refractivity contribution in [2.75, 3.05) is 13.3 Å². The molecule has 0 aliphatic rings. The summed E-state index contributed by atoms with van der Waals surface area (Å²) >= 11 is 0. The van der Waals surface area contributed by atoms with E-state index in [0.29, 0.717) is 16.0 Å². The minimum Gasteiger partial charge on any atom is -0.372 e. The molecular formula is C16H18N2O3S. The van der Waals surface area contributed by atoms with Crippen LogP contribution in [0.25, 0.3) is 0 Å². The Kier molecular flexibility index (Phi) is 4.35. The van der Waals surface area contributed by atoms with Crippen LogP contribution in [0.4, 0.5) is 0 Å². The fourth-order valence-corrected chi connectivity index (χ4v) is 3.04. The quantitative estimate of drug-likeness (QED) is 0.894. The molecule has 0 heterocycles. The van der Waals surface area contributed by atoms with E-state index in [2.05, 4.69) is 4.36 Å². The first-order valence-electron chi connectivity index (χ1n) is 6.61. The second kappa shape index (κ2) is 5.90. The number of amides is 1. The van der Waals surface area contributed by atoms with Crippen molar-refractivity contribution in [3.05, 3.63) is 65.7 Å². The lowest BCUT2D eigenvalue weighted by molar-refractivity contribution is -0.133. The molecule has 2 rings (SSSR count). The molecule has 0 spiro atoms. The van der Waals surface area contributed by atoms with Gasteiger partial charge in [-0.25, -0.2) is 8.57 Å². The zero-order valence-electron chi connectivity index (χ0n) is 12.4. The Labute approximate surface area is 130 Å². The van der Waals surface area contributed by atoms with Crippen LogP contribution in [-0.4, -0.2) is 28.5 Å². The Balaban J connectivity index is 2.57. The summed E-state index contributed by atoms with van der Waals surface area (Å²) in [4.78, 5) is 12.4. The van der Waals surface area contributed by atoms with Gasteiger partial charge < -0.3 is 10.8 Å². The van der Waals surface area contributed by atoms with Crippen LogP contribution >= 0.6 is 0 Å². The number of hydrogen-bond acceptors (Lipinski definition) is 4. The highest BCUT2D eigenvalue weighted by Gasteiger charge is 2.38. The van der Waals surface area contributed by atoms with Crippen molar-refractivity contribution in [3.8, 4) is 0 Å². The van der Waals surface area contributed by atoms with Crippen LogP contribution in [0.15, 0.2) is 63.9 Å². The summed E-state index contributed by atoms with van der Waals surface area (Å²) in [5, 5.41) is 10.8. The first-order chi connectivity index (χ1) is 10.3. The molecule has 0 saturated carbocycles. The molecule has 6 heteroatoms. The number of nitrogens with zero attached hydrogens (tertiary/aromatic N) is 1. The predicted molar refractivity (Wildman–Crippen MR) is 85.8 cm³/mol. The molecular weight excluding hydrogens is 300 g/mol. The Morgan fingerprint density at radius 1 is 1.09 bits per heavy atom. The summed E-state index contributed by atoms with van der Waals surface area (Å²) in [6.07, 6.45) is 1.53. The second-order valence-corrected chi connectivity index (χ2v) is 7.39. The molecule has 3 N–H and O–H groups in total. The molecule has 5 nitrogen and oxygen atoms in total. The fourth-order valence-electron chi connectivity index (χ4n) is 2.18. The van der Waals surface area contributed by atoms with Gasteiger partial charge in [0.15, 0.2) is 5.60 Å². The van der Waals surface area contributed by atoms with Gasteiger partial charge in [0.05, 0.1) is 9.73 Å². The largest absolute Gasteiger partial charge is 0.372 e. The second-order valence-electron chi connectivity index (χ2n) is 4.95. The number of hydrogen-bond donors (Lipinski definition) is 2. The van der Waals surface area contributed by atoms with Gasteiger partial charge in [-0.15, -0.1) is 0 Å². The summed E-state index contributed by atoms with van der Waals surface area (Å²) in [5.41, 5.74) is 4.19. The summed E-state index contributed by atoms with van der Waals surface area (Å²) in [6, 6.07) is 14.7. The van der Waals surface area contributed by atoms with Gasteiger partial charge in [0.25, 0.3) is 5.91 Å². The van der Waals surface area contributed by atoms with E-state index >= 15 is 0 Å². The maximum Gasteiger partial charge on any atom is 0.258 e. The zero-order valence-corrected chi connectivity index (χ0v) is 13.2. The normalized spacial score (nSPS) is 16.3. The highest BCUT2D eigenvalue weighted by atomic mass is 32.2. The average molecular weight is 318 g/mol. The lowest BCUT2D eigenvalue weighted by Gasteiger charge is -2.26. The summed E-state index contributed by atoms with van der Waals surface area (Å²) in [7, 11) is -0.982. The van der Waals surface area contributed by atoms with E-state index in [0.717, 1.165) is 0 Å². The van der Waals surface area contributed by atoms with E-state index in [-0.39, 0.29) is 0 Å². The third-order valence-electron chi connectivity index (χ3n) is 3.61. The molecule has 116 valence electrons. The van der Waals surface area contributed by atoms with Crippen molar-refractivity contribution in [1.29, 1.82) is 0 Å². The standard InChI is InChI=1S/C16H18N2O3S/c1-18-22(2,21)14-10-8-13(9-11-14)16(20,15(17)19)12-6-4-3-5-7-12/h3-11,20H,1-2H3,(H2,17,19). The van der Waals surface area contributed by atoms with Gasteiger partial charge >= 0.3 is 0 Å². The summed E-state index contributed by atoms with van der Waals surface area (Å²) in [6.45, 7) is 0. The topological polar surface area (TPSA) is 92.8 Å². The van der Waals surface area contributed by atoms with Gasteiger partial charge in [0, 0.05) is 18.2 Å². The van der Waals surface area contributed by atoms with Crippen molar-refractivity contribution in [2.24, 2.45) is 10.1 Å². The van der Waals surface area contributed by atoms with Gasteiger partial charge in [0.1, 0.15) is 0 Å². The van der Waals surface area contributed by atoms with Gasteiger partial charge in [-0.3, -0.25) is 4.79 Å². The lowest BCUT2D eigenvalue weighted by atomic mass is 9.86. The molecule has 1 amide bonds. The molecule has 0 aromatic heterocycles. The molecule has 2 aromatic rings. The molecule has 0 fully saturated rings. The predicted octanol–water partition coefficient (Wildman–Crippen LogP) is 1.49. The first-order valence-corrected chi connectivity index (χ1v) is 8.53. The number of nitrogens with two attached hydrogens (primary N) is 1. The minimum absolute atomic E-state index is 0.321. The monoisotopic (exact) mass is 318 g/mol. The van der Waals surface area contributed by atoms with E-state index in [1.165, 1.54) is 13.3 Å². The smallest absolute Gasteiger partial charge is 0.258 e. The Bertz CT molecular complexity index is 794. The molecule has 22 heavy (non-hydrogen) atoms. The van der Waals surface area contributed by atoms with Crippen LogP contribution in [0.1, 0.15) is 11.1 Å². The molecule has 0 radical (unpaired) electrons. The zero-order chi connectivity index (χ0) is 16.4. The third-order valence-corrected chi connectivity index (χ3v) is 5.45. The number of aliphatic hydroxyl groups is 1. The molecule has 0 aliphatic carbocycles. The number of rotatable bonds is 4. The Morgan fingerprint density at radius 2 is 1.59 bits per heavy atom. The van der Waals surface area contributed by atoms with Crippen LogP contribution < -0.4 is 5.73 Å². The number of benzene rings is 2. The highest BCUT2D eigenvalue weighted by Crippen LogP contribution is 2.30. The van der Waals surface area contributed by atoms with Gasteiger partial charge in [0.2, 0.25) is 0 Å². The lowest BCUT2D eigenvalue weighted by Crippen LogP contribution is -2.42. The Hall–Kier alpha value is -2.18. The van der Waals surface area contributed by atoms with Crippen LogP contribution in [0.2, 0.25) is 0 Å². The molecule has 2 unspecified atom stereocenters. The summed E-state index contributed by atoms with van der Waals surface area (Å²) in [5.74, 6) is -0.871. The van der Waals surface area contributed by atoms with E-state index < -0.39 is 21.2 Å². The van der Waals surface area contributed by atoms with Crippen LogP contribution in [0, 0.1) is 0 Å². The van der Waals surface area contributed by atoms with Crippen LogP contribution in [0.3, 0.4) is 0 Å². The van der Waals surface area contributed by atoms with Gasteiger partial charge in [-0.05, 0) is 23.3 Å². The number of carbonyl (C=O) groups is 1. The van der Waals surface area contributed by atoms with Crippen LogP contribution in [0.5, 0.6) is 0 Å². The van der Waals surface area contributed by atoms with Gasteiger partial charge in [-0.1, -0.05) is 42.5 Å². The van der Waals surface area contributed by atoms with Crippen molar-refractivity contribution in [1.82, 2.24) is 0 Å². The van der Waals surface area contributed by atoms with Crippen molar-refractivity contribution in [2.45, 2.75) is 10.5 Å². The highest BCUT2D eigenvalue weighted by molar-refractivity contribution is 7.93.